The minimum atomic E-state index is 0.618. The second kappa shape index (κ2) is 4.72. The largest absolute Gasteiger partial charge is 0.329 e. The quantitative estimate of drug-likeness (QED) is 0.878. The van der Waals surface area contributed by atoms with Gasteiger partial charge in [0.2, 0.25) is 0 Å². The molecule has 0 aliphatic rings. The SMILES string of the molecule is Cc1cc(C)c(-c2cnn(CCN)c2)c(C)c1. The molecule has 0 saturated heterocycles. The van der Waals surface area contributed by atoms with E-state index in [1.807, 2.05) is 10.9 Å². The van der Waals surface area contributed by atoms with Gasteiger partial charge < -0.3 is 5.73 Å². The Bertz CT molecular complexity index is 503. The predicted molar refractivity (Wildman–Crippen MR) is 70.9 cm³/mol. The molecule has 1 aromatic heterocycles. The maximum Gasteiger partial charge on any atom is 0.0568 e. The van der Waals surface area contributed by atoms with E-state index in [4.69, 9.17) is 5.73 Å². The average molecular weight is 229 g/mol. The molecule has 0 fully saturated rings. The van der Waals surface area contributed by atoms with Crippen LogP contribution in [-0.2, 0) is 6.54 Å². The lowest BCUT2D eigenvalue weighted by Crippen LogP contribution is -2.09. The fourth-order valence-corrected chi connectivity index (χ4v) is 2.38. The third-order valence-electron chi connectivity index (χ3n) is 2.96. The van der Waals surface area contributed by atoms with Crippen LogP contribution in [0.5, 0.6) is 0 Å². The van der Waals surface area contributed by atoms with Gasteiger partial charge in [0, 0.05) is 18.3 Å². The van der Waals surface area contributed by atoms with Crippen molar-refractivity contribution in [3.8, 4) is 11.1 Å². The standard InChI is InChI=1S/C14H19N3/c1-10-6-11(2)14(12(3)7-10)13-8-16-17(9-13)5-4-15/h6-9H,4-5,15H2,1-3H3. The number of nitrogens with zero attached hydrogens (tertiary/aromatic N) is 2. The van der Waals surface area contributed by atoms with E-state index in [0.29, 0.717) is 6.54 Å². The first kappa shape index (κ1) is 11.9. The normalized spacial score (nSPS) is 10.8. The molecule has 90 valence electrons. The van der Waals surface area contributed by atoms with Crippen molar-refractivity contribution in [2.45, 2.75) is 27.3 Å². The maximum absolute atomic E-state index is 5.53. The zero-order chi connectivity index (χ0) is 12.4. The van der Waals surface area contributed by atoms with Crippen molar-refractivity contribution in [3.63, 3.8) is 0 Å². The monoisotopic (exact) mass is 229 g/mol. The summed E-state index contributed by atoms with van der Waals surface area (Å²) < 4.78 is 1.90. The predicted octanol–water partition coefficient (Wildman–Crippen LogP) is 2.43. The highest BCUT2D eigenvalue weighted by atomic mass is 15.3. The van der Waals surface area contributed by atoms with Crippen LogP contribution < -0.4 is 5.73 Å². The van der Waals surface area contributed by atoms with Crippen molar-refractivity contribution in [3.05, 3.63) is 41.2 Å². The Balaban J connectivity index is 2.45. The van der Waals surface area contributed by atoms with Crippen molar-refractivity contribution >= 4 is 0 Å². The lowest BCUT2D eigenvalue weighted by atomic mass is 9.96. The van der Waals surface area contributed by atoms with Crippen molar-refractivity contribution < 1.29 is 0 Å². The summed E-state index contributed by atoms with van der Waals surface area (Å²) in [7, 11) is 0. The Kier molecular flexibility index (Phi) is 3.29. The fourth-order valence-electron chi connectivity index (χ4n) is 2.38. The van der Waals surface area contributed by atoms with Crippen molar-refractivity contribution in [2.75, 3.05) is 6.54 Å². The third kappa shape index (κ3) is 2.39. The number of hydrogen-bond donors (Lipinski definition) is 1. The van der Waals surface area contributed by atoms with Crippen LogP contribution in [0.25, 0.3) is 11.1 Å². The molecule has 0 radical (unpaired) electrons. The molecule has 0 aliphatic carbocycles. The second-order valence-electron chi connectivity index (χ2n) is 4.55. The molecule has 0 unspecified atom stereocenters. The summed E-state index contributed by atoms with van der Waals surface area (Å²) in [6.07, 6.45) is 3.98. The van der Waals surface area contributed by atoms with Gasteiger partial charge in [0.05, 0.1) is 12.7 Å². The molecule has 0 bridgehead atoms. The molecule has 3 heteroatoms. The van der Waals surface area contributed by atoms with Gasteiger partial charge >= 0.3 is 0 Å². The van der Waals surface area contributed by atoms with Gasteiger partial charge in [-0.05, 0) is 37.5 Å². The topological polar surface area (TPSA) is 43.8 Å². The van der Waals surface area contributed by atoms with Crippen LogP contribution in [-0.4, -0.2) is 16.3 Å². The van der Waals surface area contributed by atoms with E-state index in [2.05, 4.69) is 44.2 Å². The summed E-state index contributed by atoms with van der Waals surface area (Å²) in [5, 5.41) is 4.32. The highest BCUT2D eigenvalue weighted by Gasteiger charge is 2.08. The Morgan fingerprint density at radius 2 is 1.82 bits per heavy atom. The van der Waals surface area contributed by atoms with E-state index in [1.54, 1.807) is 0 Å². The molecule has 0 aliphatic heterocycles. The zero-order valence-corrected chi connectivity index (χ0v) is 10.7. The first-order chi connectivity index (χ1) is 8.11. The Morgan fingerprint density at radius 3 is 2.41 bits per heavy atom. The van der Waals surface area contributed by atoms with Crippen LogP contribution in [0.1, 0.15) is 16.7 Å². The highest BCUT2D eigenvalue weighted by molar-refractivity contribution is 5.70. The lowest BCUT2D eigenvalue weighted by Gasteiger charge is -2.09. The summed E-state index contributed by atoms with van der Waals surface area (Å²) >= 11 is 0. The van der Waals surface area contributed by atoms with E-state index < -0.39 is 0 Å². The van der Waals surface area contributed by atoms with Gasteiger partial charge in [-0.25, -0.2) is 0 Å². The summed E-state index contributed by atoms with van der Waals surface area (Å²) in [4.78, 5) is 0. The van der Waals surface area contributed by atoms with Gasteiger partial charge in [0.25, 0.3) is 0 Å². The number of hydrogen-bond acceptors (Lipinski definition) is 2. The lowest BCUT2D eigenvalue weighted by molar-refractivity contribution is 0.625. The molecule has 0 saturated carbocycles. The fraction of sp³-hybridized carbons (Fsp3) is 0.357. The van der Waals surface area contributed by atoms with Crippen LogP contribution in [0.15, 0.2) is 24.5 Å². The van der Waals surface area contributed by atoms with Gasteiger partial charge in [0.15, 0.2) is 0 Å². The molecule has 0 spiro atoms. The Morgan fingerprint density at radius 1 is 1.18 bits per heavy atom. The summed E-state index contributed by atoms with van der Waals surface area (Å²) in [6, 6.07) is 4.42. The first-order valence-corrected chi connectivity index (χ1v) is 5.92. The molecule has 0 atom stereocenters. The highest BCUT2D eigenvalue weighted by Crippen LogP contribution is 2.27. The summed E-state index contributed by atoms with van der Waals surface area (Å²) in [6.45, 7) is 7.81. The average Bonchev–Trinajstić information content (AvgIpc) is 2.65. The molecule has 2 rings (SSSR count). The molecular formula is C14H19N3. The van der Waals surface area contributed by atoms with Crippen LogP contribution >= 0.6 is 0 Å². The molecule has 1 heterocycles. The number of rotatable bonds is 3. The molecule has 2 aromatic rings. The minimum absolute atomic E-state index is 0.618. The number of aryl methyl sites for hydroxylation is 3. The summed E-state index contributed by atoms with van der Waals surface area (Å²) in [5.41, 5.74) is 11.9. The second-order valence-corrected chi connectivity index (χ2v) is 4.55. The maximum atomic E-state index is 5.53. The van der Waals surface area contributed by atoms with Crippen molar-refractivity contribution in [1.29, 1.82) is 0 Å². The summed E-state index contributed by atoms with van der Waals surface area (Å²) in [5.74, 6) is 0. The third-order valence-corrected chi connectivity index (χ3v) is 2.96. The van der Waals surface area contributed by atoms with Gasteiger partial charge in [-0.3, -0.25) is 4.68 Å². The zero-order valence-electron chi connectivity index (χ0n) is 10.7. The van der Waals surface area contributed by atoms with E-state index in [-0.39, 0.29) is 0 Å². The number of benzene rings is 1. The molecule has 3 nitrogen and oxygen atoms in total. The molecule has 2 N–H and O–H groups in total. The number of nitrogens with two attached hydrogens (primary N) is 1. The van der Waals surface area contributed by atoms with E-state index in [0.717, 1.165) is 6.54 Å². The van der Waals surface area contributed by atoms with Gasteiger partial charge in [-0.15, -0.1) is 0 Å². The van der Waals surface area contributed by atoms with Crippen LogP contribution in [0.4, 0.5) is 0 Å². The Hall–Kier alpha value is -1.61. The first-order valence-electron chi connectivity index (χ1n) is 5.92. The van der Waals surface area contributed by atoms with Crippen LogP contribution in [0.3, 0.4) is 0 Å². The van der Waals surface area contributed by atoms with Gasteiger partial charge in [0.1, 0.15) is 0 Å². The van der Waals surface area contributed by atoms with Crippen LogP contribution in [0.2, 0.25) is 0 Å². The Labute approximate surface area is 102 Å². The van der Waals surface area contributed by atoms with Crippen molar-refractivity contribution in [1.82, 2.24) is 9.78 Å². The minimum Gasteiger partial charge on any atom is -0.329 e. The van der Waals surface area contributed by atoms with Crippen LogP contribution in [0, 0.1) is 20.8 Å². The van der Waals surface area contributed by atoms with E-state index in [1.165, 1.54) is 27.8 Å². The van der Waals surface area contributed by atoms with Crippen molar-refractivity contribution in [2.24, 2.45) is 5.73 Å². The van der Waals surface area contributed by atoms with E-state index in [9.17, 15) is 0 Å². The van der Waals surface area contributed by atoms with Gasteiger partial charge in [-0.2, -0.15) is 5.10 Å². The molecule has 0 amide bonds. The van der Waals surface area contributed by atoms with Gasteiger partial charge in [-0.1, -0.05) is 17.7 Å². The van der Waals surface area contributed by atoms with E-state index >= 15 is 0 Å². The molecular weight excluding hydrogens is 210 g/mol. The smallest absolute Gasteiger partial charge is 0.0568 e. The molecule has 1 aromatic carbocycles. The number of aromatic nitrogens is 2. The molecule has 17 heavy (non-hydrogen) atoms.